The number of aromatic hydroxyl groups is 1. The molecule has 0 aliphatic carbocycles. The molecule has 0 amide bonds. The summed E-state index contributed by atoms with van der Waals surface area (Å²) in [6.07, 6.45) is 0. The standard InChI is InChI=1S/C10H13BrN2O/c1-13-4-7-6(8(12)5-13)2-3-9(14)10(7)11/h2-3,8,14H,4-5,12H2,1H3. The maximum Gasteiger partial charge on any atom is 0.130 e. The van der Waals surface area contributed by atoms with E-state index in [2.05, 4.69) is 20.8 Å². The molecule has 4 heteroatoms. The predicted octanol–water partition coefficient (Wildman–Crippen LogP) is 1.60. The molecule has 0 aromatic heterocycles. The van der Waals surface area contributed by atoms with Gasteiger partial charge in [-0.2, -0.15) is 0 Å². The van der Waals surface area contributed by atoms with Crippen molar-refractivity contribution in [3.63, 3.8) is 0 Å². The van der Waals surface area contributed by atoms with Crippen LogP contribution in [-0.4, -0.2) is 23.6 Å². The van der Waals surface area contributed by atoms with Crippen molar-refractivity contribution in [2.45, 2.75) is 12.6 Å². The number of hydrogen-bond acceptors (Lipinski definition) is 3. The van der Waals surface area contributed by atoms with Gasteiger partial charge in [0.25, 0.3) is 0 Å². The molecule has 0 saturated heterocycles. The Bertz CT molecular complexity index is 367. The number of halogens is 1. The first-order valence-electron chi connectivity index (χ1n) is 4.54. The molecule has 1 aliphatic heterocycles. The molecule has 1 unspecified atom stereocenters. The zero-order valence-electron chi connectivity index (χ0n) is 8.00. The van der Waals surface area contributed by atoms with Crippen molar-refractivity contribution in [1.82, 2.24) is 4.90 Å². The monoisotopic (exact) mass is 256 g/mol. The minimum Gasteiger partial charge on any atom is -0.507 e. The molecule has 1 heterocycles. The van der Waals surface area contributed by atoms with Gasteiger partial charge in [-0.25, -0.2) is 0 Å². The molecule has 1 atom stereocenters. The smallest absolute Gasteiger partial charge is 0.130 e. The van der Waals surface area contributed by atoms with Gasteiger partial charge in [-0.15, -0.1) is 0 Å². The Morgan fingerprint density at radius 1 is 1.57 bits per heavy atom. The second-order valence-corrected chi connectivity index (χ2v) is 4.56. The lowest BCUT2D eigenvalue weighted by molar-refractivity contribution is 0.281. The molecule has 3 N–H and O–H groups in total. The van der Waals surface area contributed by atoms with Crippen LogP contribution in [0.5, 0.6) is 5.75 Å². The third-order valence-corrected chi connectivity index (χ3v) is 3.48. The van der Waals surface area contributed by atoms with Crippen LogP contribution in [0.3, 0.4) is 0 Å². The second-order valence-electron chi connectivity index (χ2n) is 3.77. The number of benzene rings is 1. The molecule has 0 radical (unpaired) electrons. The third-order valence-electron chi connectivity index (χ3n) is 2.59. The lowest BCUT2D eigenvalue weighted by atomic mass is 9.96. The predicted molar refractivity (Wildman–Crippen MR) is 59.1 cm³/mol. The van der Waals surface area contributed by atoms with E-state index in [1.807, 2.05) is 13.1 Å². The van der Waals surface area contributed by atoms with Crippen LogP contribution in [0.1, 0.15) is 17.2 Å². The van der Waals surface area contributed by atoms with Crippen molar-refractivity contribution in [3.05, 3.63) is 27.7 Å². The van der Waals surface area contributed by atoms with Gasteiger partial charge in [0.2, 0.25) is 0 Å². The highest BCUT2D eigenvalue weighted by Crippen LogP contribution is 2.35. The van der Waals surface area contributed by atoms with Gasteiger partial charge >= 0.3 is 0 Å². The van der Waals surface area contributed by atoms with Gasteiger partial charge in [-0.3, -0.25) is 0 Å². The Morgan fingerprint density at radius 2 is 2.29 bits per heavy atom. The Balaban J connectivity index is 2.54. The van der Waals surface area contributed by atoms with Gasteiger partial charge in [0, 0.05) is 19.1 Å². The van der Waals surface area contributed by atoms with E-state index in [1.54, 1.807) is 6.07 Å². The van der Waals surface area contributed by atoms with Crippen LogP contribution >= 0.6 is 15.9 Å². The zero-order valence-corrected chi connectivity index (χ0v) is 9.58. The van der Waals surface area contributed by atoms with Crippen LogP contribution in [-0.2, 0) is 6.54 Å². The SMILES string of the molecule is CN1Cc2c(ccc(O)c2Br)C(N)C1. The molecule has 0 fully saturated rings. The topological polar surface area (TPSA) is 49.5 Å². The average molecular weight is 257 g/mol. The highest BCUT2D eigenvalue weighted by molar-refractivity contribution is 9.10. The largest absolute Gasteiger partial charge is 0.507 e. The van der Waals surface area contributed by atoms with Crippen LogP contribution in [0.25, 0.3) is 0 Å². The van der Waals surface area contributed by atoms with E-state index in [9.17, 15) is 5.11 Å². The fourth-order valence-corrected chi connectivity index (χ4v) is 2.39. The number of phenolic OH excluding ortho intramolecular Hbond substituents is 1. The first kappa shape index (κ1) is 9.96. The minimum atomic E-state index is 0.0423. The lowest BCUT2D eigenvalue weighted by Gasteiger charge is -2.30. The minimum absolute atomic E-state index is 0.0423. The van der Waals surface area contributed by atoms with Crippen molar-refractivity contribution >= 4 is 15.9 Å². The Kier molecular flexibility index (Phi) is 2.51. The average Bonchev–Trinajstić information content (AvgIpc) is 2.12. The van der Waals surface area contributed by atoms with E-state index in [0.717, 1.165) is 28.7 Å². The fourth-order valence-electron chi connectivity index (χ4n) is 1.90. The number of hydrogen-bond donors (Lipinski definition) is 2. The van der Waals surface area contributed by atoms with Gasteiger partial charge in [0.15, 0.2) is 0 Å². The molecule has 1 aromatic rings. The molecule has 0 saturated carbocycles. The van der Waals surface area contributed by atoms with E-state index in [1.165, 1.54) is 0 Å². The normalized spacial score (nSPS) is 22.1. The highest BCUT2D eigenvalue weighted by atomic mass is 79.9. The van der Waals surface area contributed by atoms with Gasteiger partial charge in [0.05, 0.1) is 4.47 Å². The van der Waals surface area contributed by atoms with Gasteiger partial charge in [-0.1, -0.05) is 6.07 Å². The fraction of sp³-hybridized carbons (Fsp3) is 0.400. The maximum atomic E-state index is 9.54. The highest BCUT2D eigenvalue weighted by Gasteiger charge is 2.23. The molecule has 0 spiro atoms. The van der Waals surface area contributed by atoms with Crippen molar-refractivity contribution in [2.75, 3.05) is 13.6 Å². The molecule has 0 bridgehead atoms. The number of likely N-dealkylation sites (N-methyl/N-ethyl adjacent to an activating group) is 1. The number of nitrogens with zero attached hydrogens (tertiary/aromatic N) is 1. The van der Waals surface area contributed by atoms with Crippen LogP contribution < -0.4 is 5.73 Å². The van der Waals surface area contributed by atoms with E-state index in [-0.39, 0.29) is 11.8 Å². The summed E-state index contributed by atoms with van der Waals surface area (Å²) >= 11 is 3.39. The Labute approximate surface area is 91.6 Å². The lowest BCUT2D eigenvalue weighted by Crippen LogP contribution is -2.34. The van der Waals surface area contributed by atoms with E-state index in [0.29, 0.717) is 0 Å². The van der Waals surface area contributed by atoms with Gasteiger partial charge in [-0.05, 0) is 40.2 Å². The Hall–Kier alpha value is -0.580. The molecular formula is C10H13BrN2O. The van der Waals surface area contributed by atoms with Gasteiger partial charge in [0.1, 0.15) is 5.75 Å². The first-order chi connectivity index (χ1) is 6.59. The van der Waals surface area contributed by atoms with Crippen molar-refractivity contribution in [2.24, 2.45) is 5.73 Å². The zero-order chi connectivity index (χ0) is 10.3. The van der Waals surface area contributed by atoms with Crippen LogP contribution in [0.4, 0.5) is 0 Å². The molecule has 1 aromatic carbocycles. The summed E-state index contributed by atoms with van der Waals surface area (Å²) in [7, 11) is 2.03. The van der Waals surface area contributed by atoms with Gasteiger partial charge < -0.3 is 15.7 Å². The Morgan fingerprint density at radius 3 is 3.00 bits per heavy atom. The number of phenols is 1. The summed E-state index contributed by atoms with van der Waals surface area (Å²) in [4.78, 5) is 2.15. The first-order valence-corrected chi connectivity index (χ1v) is 5.33. The van der Waals surface area contributed by atoms with Crippen molar-refractivity contribution in [1.29, 1.82) is 0 Å². The molecule has 2 rings (SSSR count). The maximum absolute atomic E-state index is 9.54. The summed E-state index contributed by atoms with van der Waals surface area (Å²) < 4.78 is 0.775. The van der Waals surface area contributed by atoms with Crippen molar-refractivity contribution < 1.29 is 5.11 Å². The number of fused-ring (bicyclic) bond motifs is 1. The third kappa shape index (κ3) is 1.54. The molecule has 14 heavy (non-hydrogen) atoms. The van der Waals surface area contributed by atoms with E-state index < -0.39 is 0 Å². The molecule has 3 nitrogen and oxygen atoms in total. The quantitative estimate of drug-likeness (QED) is 0.742. The number of rotatable bonds is 0. The second kappa shape index (κ2) is 3.53. The molecular weight excluding hydrogens is 244 g/mol. The summed E-state index contributed by atoms with van der Waals surface area (Å²) in [5.41, 5.74) is 8.25. The van der Waals surface area contributed by atoms with Crippen molar-refractivity contribution in [3.8, 4) is 5.75 Å². The summed E-state index contributed by atoms with van der Waals surface area (Å²) in [5, 5.41) is 9.54. The molecule has 76 valence electrons. The van der Waals surface area contributed by atoms with Crippen LogP contribution in [0.15, 0.2) is 16.6 Å². The summed E-state index contributed by atoms with van der Waals surface area (Å²) in [5.74, 6) is 0.284. The summed E-state index contributed by atoms with van der Waals surface area (Å²) in [6.45, 7) is 1.70. The number of nitrogens with two attached hydrogens (primary N) is 1. The van der Waals surface area contributed by atoms with Crippen LogP contribution in [0, 0.1) is 0 Å². The molecule has 1 aliphatic rings. The van der Waals surface area contributed by atoms with E-state index >= 15 is 0 Å². The van der Waals surface area contributed by atoms with E-state index in [4.69, 9.17) is 5.73 Å². The summed E-state index contributed by atoms with van der Waals surface area (Å²) in [6, 6.07) is 3.64. The van der Waals surface area contributed by atoms with Crippen LogP contribution in [0.2, 0.25) is 0 Å².